The highest BCUT2D eigenvalue weighted by molar-refractivity contribution is 6.05. The van der Waals surface area contributed by atoms with E-state index in [4.69, 9.17) is 14.2 Å². The summed E-state index contributed by atoms with van der Waals surface area (Å²) in [5.41, 5.74) is 5.20. The van der Waals surface area contributed by atoms with Crippen LogP contribution in [-0.4, -0.2) is 16.1 Å². The lowest BCUT2D eigenvalue weighted by Crippen LogP contribution is -2.15. The van der Waals surface area contributed by atoms with Crippen LogP contribution in [0.1, 0.15) is 51.5 Å². The van der Waals surface area contributed by atoms with Gasteiger partial charge in [-0.2, -0.15) is 0 Å². The van der Waals surface area contributed by atoms with Gasteiger partial charge in [-0.1, -0.05) is 23.4 Å². The molecule has 0 amide bonds. The zero-order chi connectivity index (χ0) is 17.4. The molecule has 0 fully saturated rings. The third-order valence-corrected chi connectivity index (χ3v) is 4.90. The van der Waals surface area contributed by atoms with E-state index < -0.39 is 0 Å². The molecule has 0 saturated carbocycles. The number of hydrogen-bond donors (Lipinski definition) is 0. The predicted octanol–water partition coefficient (Wildman–Crippen LogP) is 4.08. The maximum Gasteiger partial charge on any atom is 0.339 e. The molecule has 128 valence electrons. The van der Waals surface area contributed by atoms with Crippen molar-refractivity contribution >= 4 is 16.9 Å². The molecule has 4 rings (SSSR count). The van der Waals surface area contributed by atoms with E-state index in [1.165, 1.54) is 0 Å². The van der Waals surface area contributed by atoms with E-state index in [0.717, 1.165) is 59.1 Å². The molecule has 1 aromatic carbocycles. The zero-order valence-corrected chi connectivity index (χ0v) is 14.5. The van der Waals surface area contributed by atoms with Crippen molar-refractivity contribution in [3.05, 3.63) is 58.1 Å². The number of carbonyl (C=O) groups is 1. The minimum absolute atomic E-state index is 0.172. The Kier molecular flexibility index (Phi) is 3.99. The minimum atomic E-state index is -0.295. The maximum atomic E-state index is 12.9. The molecule has 0 N–H and O–H groups in total. The Morgan fingerprint density at radius 1 is 1.20 bits per heavy atom. The molecule has 0 atom stereocenters. The van der Waals surface area contributed by atoms with Gasteiger partial charge in [0.05, 0.1) is 22.3 Å². The van der Waals surface area contributed by atoms with E-state index in [1.54, 1.807) is 0 Å². The lowest BCUT2D eigenvalue weighted by Gasteiger charge is -2.20. The largest absolute Gasteiger partial charge is 0.457 e. The number of rotatable bonds is 3. The zero-order valence-electron chi connectivity index (χ0n) is 14.5. The summed E-state index contributed by atoms with van der Waals surface area (Å²) in [5, 5.41) is 4.78. The van der Waals surface area contributed by atoms with Crippen LogP contribution in [-0.2, 0) is 24.2 Å². The van der Waals surface area contributed by atoms with Gasteiger partial charge in [-0.05, 0) is 51.2 Å². The molecular weight excluding hydrogens is 316 g/mol. The van der Waals surface area contributed by atoms with Crippen molar-refractivity contribution in [1.82, 2.24) is 10.1 Å². The number of benzene rings is 1. The fourth-order valence-corrected chi connectivity index (χ4v) is 3.52. The van der Waals surface area contributed by atoms with Crippen LogP contribution < -0.4 is 0 Å². The van der Waals surface area contributed by atoms with Crippen molar-refractivity contribution in [1.29, 1.82) is 0 Å². The number of pyridine rings is 1. The summed E-state index contributed by atoms with van der Waals surface area (Å²) in [4.78, 5) is 17.7. The van der Waals surface area contributed by atoms with Gasteiger partial charge in [0.1, 0.15) is 12.4 Å². The second-order valence-corrected chi connectivity index (χ2v) is 6.52. The number of hydrogen-bond acceptors (Lipinski definition) is 5. The lowest BCUT2D eigenvalue weighted by molar-refractivity contribution is 0.0471. The van der Waals surface area contributed by atoms with Gasteiger partial charge in [-0.25, -0.2) is 4.79 Å². The Hall–Kier alpha value is -2.69. The summed E-state index contributed by atoms with van der Waals surface area (Å²) in [6.07, 6.45) is 4.00. The van der Waals surface area contributed by atoms with E-state index in [-0.39, 0.29) is 12.6 Å². The Morgan fingerprint density at radius 3 is 2.80 bits per heavy atom. The van der Waals surface area contributed by atoms with Crippen LogP contribution in [0.4, 0.5) is 0 Å². The number of ether oxygens (including phenoxy) is 1. The van der Waals surface area contributed by atoms with Gasteiger partial charge in [0.15, 0.2) is 0 Å². The molecule has 0 saturated heterocycles. The van der Waals surface area contributed by atoms with Crippen molar-refractivity contribution < 1.29 is 14.1 Å². The van der Waals surface area contributed by atoms with Crippen LogP contribution >= 0.6 is 0 Å². The number of aryl methyl sites for hydroxylation is 3. The van der Waals surface area contributed by atoms with Gasteiger partial charge in [0.2, 0.25) is 0 Å². The molecule has 0 spiro atoms. The first-order valence-corrected chi connectivity index (χ1v) is 8.64. The number of aromatic nitrogens is 2. The molecule has 2 aromatic heterocycles. The third-order valence-electron chi connectivity index (χ3n) is 4.90. The van der Waals surface area contributed by atoms with Crippen molar-refractivity contribution in [2.45, 2.75) is 46.1 Å². The molecular formula is C20H20N2O3. The van der Waals surface area contributed by atoms with Crippen LogP contribution in [0.5, 0.6) is 0 Å². The molecule has 1 aliphatic rings. The first kappa shape index (κ1) is 15.8. The number of esters is 1. The van der Waals surface area contributed by atoms with Gasteiger partial charge < -0.3 is 9.26 Å². The summed E-state index contributed by atoms with van der Waals surface area (Å²) in [6, 6.07) is 7.78. The first-order chi connectivity index (χ1) is 12.1. The van der Waals surface area contributed by atoms with Crippen LogP contribution in [0, 0.1) is 13.8 Å². The molecule has 0 radical (unpaired) electrons. The van der Waals surface area contributed by atoms with Gasteiger partial charge in [-0.3, -0.25) is 4.98 Å². The Bertz CT molecular complexity index is 939. The van der Waals surface area contributed by atoms with E-state index in [2.05, 4.69) is 5.16 Å². The highest BCUT2D eigenvalue weighted by atomic mass is 16.5. The number of para-hydroxylation sites is 1. The molecule has 25 heavy (non-hydrogen) atoms. The lowest BCUT2D eigenvalue weighted by atomic mass is 9.90. The topological polar surface area (TPSA) is 65.2 Å². The Labute approximate surface area is 146 Å². The van der Waals surface area contributed by atoms with Crippen LogP contribution in [0.2, 0.25) is 0 Å². The quantitative estimate of drug-likeness (QED) is 0.674. The third kappa shape index (κ3) is 2.80. The monoisotopic (exact) mass is 336 g/mol. The van der Waals surface area contributed by atoms with E-state index in [0.29, 0.717) is 11.3 Å². The summed E-state index contributed by atoms with van der Waals surface area (Å²) in [6.45, 7) is 3.85. The Morgan fingerprint density at radius 2 is 2.00 bits per heavy atom. The summed E-state index contributed by atoms with van der Waals surface area (Å²) in [5.74, 6) is 0.392. The first-order valence-electron chi connectivity index (χ1n) is 8.64. The van der Waals surface area contributed by atoms with Gasteiger partial charge in [0, 0.05) is 11.1 Å². The molecule has 0 bridgehead atoms. The predicted molar refractivity (Wildman–Crippen MR) is 93.5 cm³/mol. The van der Waals surface area contributed by atoms with Gasteiger partial charge in [-0.15, -0.1) is 0 Å². The maximum absolute atomic E-state index is 12.9. The summed E-state index contributed by atoms with van der Waals surface area (Å²) < 4.78 is 10.8. The summed E-state index contributed by atoms with van der Waals surface area (Å²) in [7, 11) is 0. The molecule has 5 heteroatoms. The van der Waals surface area contributed by atoms with Crippen LogP contribution in [0.3, 0.4) is 0 Å². The molecule has 3 aromatic rings. The number of nitrogens with zero attached hydrogens (tertiary/aromatic N) is 2. The average Bonchev–Trinajstić information content (AvgIpc) is 2.95. The normalized spacial score (nSPS) is 13.7. The van der Waals surface area contributed by atoms with E-state index >= 15 is 0 Å². The SMILES string of the molecule is Cc1noc(C)c1COC(=O)c1c2c(nc3ccccc13)CCCC2. The van der Waals surface area contributed by atoms with Gasteiger partial charge in [0.25, 0.3) is 0 Å². The van der Waals surface area contributed by atoms with Crippen molar-refractivity contribution in [3.63, 3.8) is 0 Å². The van der Waals surface area contributed by atoms with Gasteiger partial charge >= 0.3 is 5.97 Å². The molecule has 5 nitrogen and oxygen atoms in total. The van der Waals surface area contributed by atoms with Crippen molar-refractivity contribution in [3.8, 4) is 0 Å². The minimum Gasteiger partial charge on any atom is -0.457 e. The molecule has 1 aliphatic carbocycles. The summed E-state index contributed by atoms with van der Waals surface area (Å²) >= 11 is 0. The van der Waals surface area contributed by atoms with Crippen LogP contribution in [0.25, 0.3) is 10.9 Å². The number of fused-ring (bicyclic) bond motifs is 2. The fraction of sp³-hybridized carbons (Fsp3) is 0.350. The standard InChI is InChI=1S/C20H20N2O3/c1-12-16(13(2)25-22-12)11-24-20(23)19-14-7-3-5-9-17(14)21-18-10-6-4-8-15(18)19/h3,5,7,9H,4,6,8,10-11H2,1-2H3. The molecule has 0 aliphatic heterocycles. The highest BCUT2D eigenvalue weighted by Gasteiger charge is 2.24. The van der Waals surface area contributed by atoms with Crippen LogP contribution in [0.15, 0.2) is 28.8 Å². The highest BCUT2D eigenvalue weighted by Crippen LogP contribution is 2.30. The fourth-order valence-electron chi connectivity index (χ4n) is 3.52. The second-order valence-electron chi connectivity index (χ2n) is 6.52. The molecule has 0 unspecified atom stereocenters. The second kappa shape index (κ2) is 6.31. The van der Waals surface area contributed by atoms with E-state index in [9.17, 15) is 4.79 Å². The Balaban J connectivity index is 1.73. The van der Waals surface area contributed by atoms with E-state index in [1.807, 2.05) is 38.1 Å². The number of carbonyl (C=O) groups excluding carboxylic acids is 1. The molecule has 2 heterocycles. The van der Waals surface area contributed by atoms with Crippen molar-refractivity contribution in [2.75, 3.05) is 0 Å². The van der Waals surface area contributed by atoms with Crippen molar-refractivity contribution in [2.24, 2.45) is 0 Å². The smallest absolute Gasteiger partial charge is 0.339 e. The average molecular weight is 336 g/mol.